The highest BCUT2D eigenvalue weighted by Crippen LogP contribution is 2.34. The van der Waals surface area contributed by atoms with E-state index in [-0.39, 0.29) is 23.7 Å². The summed E-state index contributed by atoms with van der Waals surface area (Å²) in [6.07, 6.45) is -0.980. The predicted molar refractivity (Wildman–Crippen MR) is 94.4 cm³/mol. The summed E-state index contributed by atoms with van der Waals surface area (Å²) in [5.41, 5.74) is -1.62. The van der Waals surface area contributed by atoms with Gasteiger partial charge in [-0.05, 0) is 60.6 Å². The Balaban J connectivity index is 3.27. The molecule has 0 aliphatic heterocycles. The molecule has 0 saturated heterocycles. The third-order valence-electron chi connectivity index (χ3n) is 2.86. The van der Waals surface area contributed by atoms with Gasteiger partial charge in [0.05, 0.1) is 12.0 Å². The van der Waals surface area contributed by atoms with E-state index in [1.54, 1.807) is 48.5 Å². The molecule has 0 bridgehead atoms. The van der Waals surface area contributed by atoms with E-state index in [1.165, 1.54) is 18.2 Å². The number of rotatable bonds is 4. The molecule has 1 aromatic rings. The van der Waals surface area contributed by atoms with Gasteiger partial charge in [0, 0.05) is 0 Å². The number of hydrogen-bond acceptors (Lipinski definition) is 7. The summed E-state index contributed by atoms with van der Waals surface area (Å²) >= 11 is 0. The summed E-state index contributed by atoms with van der Waals surface area (Å²) in [7, 11) is 0. The van der Waals surface area contributed by atoms with E-state index >= 15 is 0 Å². The van der Waals surface area contributed by atoms with Crippen molar-refractivity contribution in [2.24, 2.45) is 5.41 Å². The zero-order valence-electron chi connectivity index (χ0n) is 16.3. The molecule has 7 nitrogen and oxygen atoms in total. The third-order valence-corrected chi connectivity index (χ3v) is 2.86. The van der Waals surface area contributed by atoms with Crippen molar-refractivity contribution in [3.63, 3.8) is 0 Å². The molecule has 26 heavy (non-hydrogen) atoms. The van der Waals surface area contributed by atoms with E-state index in [2.05, 4.69) is 0 Å². The fourth-order valence-electron chi connectivity index (χ4n) is 1.68. The molecule has 0 amide bonds. The maximum absolute atomic E-state index is 12.3. The second-order valence-electron chi connectivity index (χ2n) is 7.56. The van der Waals surface area contributed by atoms with E-state index in [1.807, 2.05) is 0 Å². The molecule has 7 heteroatoms. The van der Waals surface area contributed by atoms with Crippen LogP contribution in [0.15, 0.2) is 18.2 Å². The predicted octanol–water partition coefficient (Wildman–Crippen LogP) is 4.13. The Hall–Kier alpha value is -2.57. The van der Waals surface area contributed by atoms with Gasteiger partial charge in [0.25, 0.3) is 0 Å². The SMILES string of the molecule is CCOC(=O)c1cccc(OC(=O)OC(C)(C)C)c1OC(=O)C(C)(C)C. The number of ether oxygens (including phenoxy) is 4. The second-order valence-corrected chi connectivity index (χ2v) is 7.56. The zero-order valence-corrected chi connectivity index (χ0v) is 16.3. The molecule has 1 rings (SSSR count). The maximum atomic E-state index is 12.3. The highest BCUT2D eigenvalue weighted by atomic mass is 16.7. The smallest absolute Gasteiger partial charge is 0.462 e. The first-order valence-corrected chi connectivity index (χ1v) is 8.28. The molecule has 0 atom stereocenters. The fourth-order valence-corrected chi connectivity index (χ4v) is 1.68. The standard InChI is InChI=1S/C19H26O7/c1-8-23-15(20)12-10-9-11-13(24-17(22)26-19(5,6)7)14(12)25-16(21)18(2,3)4/h9-11H,8H2,1-7H3. The lowest BCUT2D eigenvalue weighted by atomic mass is 9.97. The van der Waals surface area contributed by atoms with Gasteiger partial charge in [-0.25, -0.2) is 9.59 Å². The summed E-state index contributed by atoms with van der Waals surface area (Å²) < 4.78 is 20.6. The summed E-state index contributed by atoms with van der Waals surface area (Å²) in [4.78, 5) is 36.4. The Morgan fingerprint density at radius 3 is 2.08 bits per heavy atom. The lowest BCUT2D eigenvalue weighted by Gasteiger charge is -2.21. The summed E-state index contributed by atoms with van der Waals surface area (Å²) in [6.45, 7) is 11.8. The Morgan fingerprint density at radius 2 is 1.58 bits per heavy atom. The van der Waals surface area contributed by atoms with Crippen LogP contribution in [0.5, 0.6) is 11.5 Å². The normalized spacial score (nSPS) is 11.5. The maximum Gasteiger partial charge on any atom is 0.514 e. The largest absolute Gasteiger partial charge is 0.514 e. The van der Waals surface area contributed by atoms with Gasteiger partial charge in [0.15, 0.2) is 11.5 Å². The van der Waals surface area contributed by atoms with Crippen LogP contribution in [0.1, 0.15) is 58.8 Å². The average molecular weight is 366 g/mol. The molecule has 0 aliphatic rings. The van der Waals surface area contributed by atoms with Crippen LogP contribution in [0.3, 0.4) is 0 Å². The van der Waals surface area contributed by atoms with Crippen LogP contribution in [-0.4, -0.2) is 30.3 Å². The summed E-state index contributed by atoms with van der Waals surface area (Å²) in [6, 6.07) is 4.31. The highest BCUT2D eigenvalue weighted by molar-refractivity contribution is 5.95. The number of benzene rings is 1. The molecule has 0 fully saturated rings. The Bertz CT molecular complexity index is 678. The molecule has 1 aromatic carbocycles. The average Bonchev–Trinajstić information content (AvgIpc) is 2.46. The van der Waals surface area contributed by atoms with Crippen molar-refractivity contribution in [2.45, 2.75) is 54.1 Å². The van der Waals surface area contributed by atoms with Gasteiger partial charge in [-0.1, -0.05) is 6.07 Å². The van der Waals surface area contributed by atoms with Crippen molar-refractivity contribution < 1.29 is 33.3 Å². The monoisotopic (exact) mass is 366 g/mol. The first kappa shape index (κ1) is 21.5. The minimum absolute atomic E-state index is 0.0227. The van der Waals surface area contributed by atoms with Crippen molar-refractivity contribution >= 4 is 18.1 Å². The van der Waals surface area contributed by atoms with Gasteiger partial charge in [-0.15, -0.1) is 0 Å². The Morgan fingerprint density at radius 1 is 0.962 bits per heavy atom. The van der Waals surface area contributed by atoms with Crippen molar-refractivity contribution in [2.75, 3.05) is 6.61 Å². The van der Waals surface area contributed by atoms with Gasteiger partial charge in [0.2, 0.25) is 0 Å². The van der Waals surface area contributed by atoms with Crippen molar-refractivity contribution in [1.29, 1.82) is 0 Å². The first-order valence-electron chi connectivity index (χ1n) is 8.28. The molecule has 0 heterocycles. The Kier molecular flexibility index (Phi) is 6.78. The van der Waals surface area contributed by atoms with Crippen LogP contribution in [-0.2, 0) is 14.3 Å². The Labute approximate surface area is 153 Å². The van der Waals surface area contributed by atoms with Gasteiger partial charge in [-0.2, -0.15) is 0 Å². The first-order chi connectivity index (χ1) is 11.8. The number of esters is 2. The van der Waals surface area contributed by atoms with E-state index in [4.69, 9.17) is 18.9 Å². The van der Waals surface area contributed by atoms with E-state index in [9.17, 15) is 14.4 Å². The van der Waals surface area contributed by atoms with Crippen LogP contribution in [0.25, 0.3) is 0 Å². The van der Waals surface area contributed by atoms with E-state index in [0.717, 1.165) is 0 Å². The van der Waals surface area contributed by atoms with Crippen LogP contribution in [0.4, 0.5) is 4.79 Å². The van der Waals surface area contributed by atoms with Crippen LogP contribution >= 0.6 is 0 Å². The molecule has 0 aromatic heterocycles. The van der Waals surface area contributed by atoms with Gasteiger partial charge >= 0.3 is 18.1 Å². The van der Waals surface area contributed by atoms with E-state index in [0.29, 0.717) is 0 Å². The van der Waals surface area contributed by atoms with Crippen LogP contribution < -0.4 is 9.47 Å². The minimum Gasteiger partial charge on any atom is -0.462 e. The topological polar surface area (TPSA) is 88.1 Å². The van der Waals surface area contributed by atoms with Gasteiger partial charge in [-0.3, -0.25) is 4.79 Å². The van der Waals surface area contributed by atoms with Gasteiger partial charge in [0.1, 0.15) is 11.2 Å². The van der Waals surface area contributed by atoms with Crippen molar-refractivity contribution in [3.8, 4) is 11.5 Å². The highest BCUT2D eigenvalue weighted by Gasteiger charge is 2.29. The minimum atomic E-state index is -0.980. The molecule has 0 spiro atoms. The molecule has 0 unspecified atom stereocenters. The van der Waals surface area contributed by atoms with Crippen molar-refractivity contribution in [3.05, 3.63) is 23.8 Å². The number of carbonyl (C=O) groups excluding carboxylic acids is 3. The molecule has 0 radical (unpaired) electrons. The van der Waals surface area contributed by atoms with Crippen LogP contribution in [0.2, 0.25) is 0 Å². The van der Waals surface area contributed by atoms with E-state index < -0.39 is 29.1 Å². The number of hydrogen-bond donors (Lipinski definition) is 0. The molecular formula is C19H26O7. The summed E-state index contributed by atoms with van der Waals surface area (Å²) in [5.74, 6) is -1.58. The van der Waals surface area contributed by atoms with Crippen molar-refractivity contribution in [1.82, 2.24) is 0 Å². The lowest BCUT2D eigenvalue weighted by Crippen LogP contribution is -2.28. The number of para-hydroxylation sites is 1. The molecular weight excluding hydrogens is 340 g/mol. The third kappa shape index (κ3) is 6.38. The zero-order chi connectivity index (χ0) is 20.1. The molecule has 0 saturated carbocycles. The number of carbonyl (C=O) groups is 3. The molecule has 144 valence electrons. The lowest BCUT2D eigenvalue weighted by molar-refractivity contribution is -0.143. The fraction of sp³-hybridized carbons (Fsp3) is 0.526. The van der Waals surface area contributed by atoms with Crippen LogP contribution in [0, 0.1) is 5.41 Å². The van der Waals surface area contributed by atoms with Gasteiger partial charge < -0.3 is 18.9 Å². The quantitative estimate of drug-likeness (QED) is 0.450. The summed E-state index contributed by atoms with van der Waals surface area (Å²) in [5, 5.41) is 0. The molecule has 0 aliphatic carbocycles. The molecule has 0 N–H and O–H groups in total. The second kappa shape index (κ2) is 8.21.